The topological polar surface area (TPSA) is 67.3 Å². The van der Waals surface area contributed by atoms with Crippen molar-refractivity contribution in [3.05, 3.63) is 46.7 Å². The molecule has 28 heavy (non-hydrogen) atoms. The van der Waals surface area contributed by atoms with Gasteiger partial charge in [0.25, 0.3) is 5.91 Å². The molecule has 3 rings (SSSR count). The first-order chi connectivity index (χ1) is 13.6. The number of hydrogen-bond acceptors (Lipinski definition) is 6. The van der Waals surface area contributed by atoms with Crippen LogP contribution < -0.4 is 10.1 Å². The molecule has 2 heterocycles. The molecule has 0 saturated carbocycles. The quantitative estimate of drug-likeness (QED) is 0.517. The van der Waals surface area contributed by atoms with Gasteiger partial charge in [0.1, 0.15) is 5.75 Å². The van der Waals surface area contributed by atoms with Crippen molar-refractivity contribution >= 4 is 29.3 Å². The highest BCUT2D eigenvalue weighted by atomic mass is 35.5. The number of methoxy groups -OCH3 is 1. The van der Waals surface area contributed by atoms with E-state index in [4.69, 9.17) is 16.3 Å². The van der Waals surface area contributed by atoms with Crippen molar-refractivity contribution in [1.82, 2.24) is 20.2 Å². The average Bonchev–Trinajstić information content (AvgIpc) is 3.24. The van der Waals surface area contributed by atoms with Gasteiger partial charge in [-0.05, 0) is 49.4 Å². The Labute approximate surface area is 175 Å². The zero-order chi connectivity index (χ0) is 19.9. The number of halogens is 1. The van der Waals surface area contributed by atoms with Crippen LogP contribution in [0.5, 0.6) is 5.75 Å². The summed E-state index contributed by atoms with van der Waals surface area (Å²) in [7, 11) is 1.66. The average molecular weight is 421 g/mol. The van der Waals surface area contributed by atoms with E-state index in [0.29, 0.717) is 11.7 Å². The van der Waals surface area contributed by atoms with Crippen LogP contribution in [0.3, 0.4) is 0 Å². The molecule has 1 atom stereocenters. The first-order valence-electron chi connectivity index (χ1n) is 9.44. The van der Waals surface area contributed by atoms with Gasteiger partial charge in [0.15, 0.2) is 10.9 Å². The largest absolute Gasteiger partial charge is 0.497 e. The van der Waals surface area contributed by atoms with Crippen LogP contribution in [-0.2, 0) is 0 Å². The van der Waals surface area contributed by atoms with Gasteiger partial charge in [0, 0.05) is 6.54 Å². The van der Waals surface area contributed by atoms with E-state index in [1.165, 1.54) is 30.8 Å². The second-order valence-electron chi connectivity index (χ2n) is 6.52. The van der Waals surface area contributed by atoms with Gasteiger partial charge in [0.05, 0.1) is 24.4 Å². The molecule has 1 N–H and O–H groups in total. The third kappa shape index (κ3) is 5.16. The second kappa shape index (κ2) is 10.1. The zero-order valence-corrected chi connectivity index (χ0v) is 17.7. The Morgan fingerprint density at radius 2 is 2.04 bits per heavy atom. The summed E-state index contributed by atoms with van der Waals surface area (Å²) >= 11 is 7.64. The Kier molecular flexibility index (Phi) is 7.53. The Morgan fingerprint density at radius 1 is 1.32 bits per heavy atom. The van der Waals surface area contributed by atoms with Gasteiger partial charge in [-0.2, -0.15) is 0 Å². The number of nitrogens with one attached hydrogen (secondary N) is 1. The van der Waals surface area contributed by atoms with E-state index >= 15 is 0 Å². The highest BCUT2D eigenvalue weighted by Crippen LogP contribution is 2.26. The number of carbonyl (C=O) groups excluding carboxylic acids is 1. The molecule has 2 aromatic rings. The molecule has 1 fully saturated rings. The van der Waals surface area contributed by atoms with Crippen molar-refractivity contribution in [3.63, 3.8) is 0 Å². The number of amides is 1. The molecule has 1 aromatic carbocycles. The number of ether oxygens (including phenoxy) is 1. The second-order valence-corrected chi connectivity index (χ2v) is 8.16. The third-order valence-electron chi connectivity index (χ3n) is 4.75. The van der Waals surface area contributed by atoms with Crippen LogP contribution >= 0.6 is 23.4 Å². The molecular weight excluding hydrogens is 396 g/mol. The van der Waals surface area contributed by atoms with Crippen molar-refractivity contribution < 1.29 is 9.53 Å². The van der Waals surface area contributed by atoms with Gasteiger partial charge < -0.3 is 10.1 Å². The lowest BCUT2D eigenvalue weighted by atomic mass is 10.1. The number of rotatable bonds is 8. The number of hydrogen-bond donors (Lipinski definition) is 1. The zero-order valence-electron chi connectivity index (χ0n) is 16.2. The Morgan fingerprint density at radius 3 is 2.68 bits per heavy atom. The fourth-order valence-corrected chi connectivity index (χ4v) is 4.04. The monoisotopic (exact) mass is 420 g/mol. The van der Waals surface area contributed by atoms with Gasteiger partial charge in [-0.1, -0.05) is 42.4 Å². The molecule has 150 valence electrons. The van der Waals surface area contributed by atoms with Gasteiger partial charge in [0.2, 0.25) is 0 Å². The van der Waals surface area contributed by atoms with Gasteiger partial charge in [-0.15, -0.1) is 0 Å². The van der Waals surface area contributed by atoms with Gasteiger partial charge >= 0.3 is 0 Å². The molecule has 1 unspecified atom stereocenters. The van der Waals surface area contributed by atoms with Crippen LogP contribution in [0.2, 0.25) is 5.02 Å². The lowest BCUT2D eigenvalue weighted by Gasteiger charge is -2.28. The number of nitrogens with zero attached hydrogens (tertiary/aromatic N) is 3. The minimum atomic E-state index is -0.275. The van der Waals surface area contributed by atoms with Crippen LogP contribution in [0, 0.1) is 0 Å². The SMILES string of the molecule is CCSc1ncc(Cl)c(C(=O)NCC(c2ccc(OC)cc2)N2CCCC2)n1. The summed E-state index contributed by atoms with van der Waals surface area (Å²) in [6.45, 7) is 4.55. The Balaban J connectivity index is 1.74. The Hall–Kier alpha value is -1.83. The van der Waals surface area contributed by atoms with Crippen molar-refractivity contribution in [2.45, 2.75) is 31.0 Å². The normalized spacial score (nSPS) is 15.4. The summed E-state index contributed by atoms with van der Waals surface area (Å²) in [6, 6.07) is 8.12. The maximum absolute atomic E-state index is 12.7. The van der Waals surface area contributed by atoms with E-state index in [-0.39, 0.29) is 22.7 Å². The molecular formula is C20H25ClN4O2S. The number of carbonyl (C=O) groups is 1. The fourth-order valence-electron chi connectivity index (χ4n) is 3.32. The van der Waals surface area contributed by atoms with E-state index in [9.17, 15) is 4.79 Å². The van der Waals surface area contributed by atoms with Gasteiger partial charge in [-0.3, -0.25) is 9.69 Å². The smallest absolute Gasteiger partial charge is 0.271 e. The highest BCUT2D eigenvalue weighted by Gasteiger charge is 2.25. The third-order valence-corrected chi connectivity index (χ3v) is 5.77. The van der Waals surface area contributed by atoms with Crippen molar-refractivity contribution in [1.29, 1.82) is 0 Å². The highest BCUT2D eigenvalue weighted by molar-refractivity contribution is 7.99. The predicted octanol–water partition coefficient (Wildman–Crippen LogP) is 3.82. The molecule has 0 spiro atoms. The van der Waals surface area contributed by atoms with E-state index in [1.807, 2.05) is 19.1 Å². The molecule has 1 aliphatic heterocycles. The molecule has 1 amide bonds. The molecule has 1 aliphatic rings. The molecule has 6 nitrogen and oxygen atoms in total. The van der Waals surface area contributed by atoms with Crippen LogP contribution in [0.1, 0.15) is 41.9 Å². The lowest BCUT2D eigenvalue weighted by molar-refractivity contribution is 0.0932. The van der Waals surface area contributed by atoms with Crippen LogP contribution in [-0.4, -0.2) is 53.3 Å². The van der Waals surface area contributed by atoms with E-state index < -0.39 is 0 Å². The Bertz CT molecular complexity index is 797. The summed E-state index contributed by atoms with van der Waals surface area (Å²) in [4.78, 5) is 23.6. The minimum Gasteiger partial charge on any atom is -0.497 e. The number of thioether (sulfide) groups is 1. The standard InChI is InChI=1S/C20H25ClN4O2S/c1-3-28-20-23-12-16(21)18(24-20)19(26)22-13-17(25-10-4-5-11-25)14-6-8-15(27-2)9-7-14/h6-9,12,17H,3-5,10-11,13H2,1-2H3,(H,22,26). The maximum Gasteiger partial charge on any atom is 0.271 e. The molecule has 0 aliphatic carbocycles. The first kappa shape index (κ1) is 20.9. The minimum absolute atomic E-state index is 0.0995. The molecule has 1 saturated heterocycles. The van der Waals surface area contributed by atoms with E-state index in [1.54, 1.807) is 7.11 Å². The summed E-state index contributed by atoms with van der Waals surface area (Å²) in [5.41, 5.74) is 1.38. The van der Waals surface area contributed by atoms with Crippen LogP contribution in [0.25, 0.3) is 0 Å². The van der Waals surface area contributed by atoms with Crippen molar-refractivity contribution in [2.24, 2.45) is 0 Å². The molecule has 8 heteroatoms. The predicted molar refractivity (Wildman–Crippen MR) is 112 cm³/mol. The summed E-state index contributed by atoms with van der Waals surface area (Å²) < 4.78 is 5.26. The molecule has 0 radical (unpaired) electrons. The summed E-state index contributed by atoms with van der Waals surface area (Å²) in [5, 5.41) is 3.84. The van der Waals surface area contributed by atoms with Crippen LogP contribution in [0.4, 0.5) is 0 Å². The lowest BCUT2D eigenvalue weighted by Crippen LogP contribution is -2.37. The van der Waals surface area contributed by atoms with Crippen molar-refractivity contribution in [2.75, 3.05) is 32.5 Å². The van der Waals surface area contributed by atoms with Gasteiger partial charge in [-0.25, -0.2) is 9.97 Å². The first-order valence-corrected chi connectivity index (χ1v) is 10.8. The van der Waals surface area contributed by atoms with E-state index in [2.05, 4.69) is 32.3 Å². The molecule has 0 bridgehead atoms. The number of likely N-dealkylation sites (tertiary alicyclic amines) is 1. The summed E-state index contributed by atoms with van der Waals surface area (Å²) in [6.07, 6.45) is 3.84. The maximum atomic E-state index is 12.7. The summed E-state index contributed by atoms with van der Waals surface area (Å²) in [5.74, 6) is 1.38. The van der Waals surface area contributed by atoms with E-state index in [0.717, 1.165) is 30.2 Å². The number of aromatic nitrogens is 2. The van der Waals surface area contributed by atoms with Crippen molar-refractivity contribution in [3.8, 4) is 5.75 Å². The fraction of sp³-hybridized carbons (Fsp3) is 0.450. The molecule has 1 aromatic heterocycles. The number of benzene rings is 1. The van der Waals surface area contributed by atoms with Crippen LogP contribution in [0.15, 0.2) is 35.6 Å².